The number of pyridine rings is 1. The highest BCUT2D eigenvalue weighted by atomic mass is 16.5. The number of hydrogen-bond acceptors (Lipinski definition) is 4. The summed E-state index contributed by atoms with van der Waals surface area (Å²) < 4.78 is 7.05. The van der Waals surface area contributed by atoms with Crippen molar-refractivity contribution in [2.24, 2.45) is 0 Å². The van der Waals surface area contributed by atoms with E-state index in [0.29, 0.717) is 18.7 Å². The third-order valence-electron chi connectivity index (χ3n) is 3.79. The van der Waals surface area contributed by atoms with Crippen LogP contribution >= 0.6 is 0 Å². The number of rotatable bonds is 1. The van der Waals surface area contributed by atoms with Crippen LogP contribution in [0.15, 0.2) is 29.3 Å². The summed E-state index contributed by atoms with van der Waals surface area (Å²) in [5.74, 6) is -0.282. The molecule has 2 aromatic heterocycles. The Morgan fingerprint density at radius 3 is 2.64 bits per heavy atom. The maximum Gasteiger partial charge on any atom is 0.270 e. The van der Waals surface area contributed by atoms with Crippen molar-refractivity contribution in [3.8, 4) is 0 Å². The summed E-state index contributed by atoms with van der Waals surface area (Å²) in [6.07, 6.45) is 3.00. The van der Waals surface area contributed by atoms with E-state index < -0.39 is 0 Å². The van der Waals surface area contributed by atoms with Crippen molar-refractivity contribution >= 4 is 11.6 Å². The topological polar surface area (TPSA) is 63.9 Å². The number of ether oxygens (including phenoxy) is 1. The van der Waals surface area contributed by atoms with Crippen molar-refractivity contribution in [3.63, 3.8) is 0 Å². The Bertz CT molecular complexity index is 774. The zero-order chi connectivity index (χ0) is 15.9. The highest BCUT2D eigenvalue weighted by molar-refractivity contribution is 5.93. The number of amides is 1. The van der Waals surface area contributed by atoms with Gasteiger partial charge in [0.15, 0.2) is 0 Å². The van der Waals surface area contributed by atoms with Crippen molar-refractivity contribution in [2.75, 3.05) is 13.1 Å². The molecule has 0 aromatic carbocycles. The molecule has 2 aromatic rings. The third kappa shape index (κ3) is 2.62. The van der Waals surface area contributed by atoms with Crippen LogP contribution in [-0.4, -0.2) is 45.5 Å². The van der Waals surface area contributed by atoms with Crippen molar-refractivity contribution < 1.29 is 9.53 Å². The monoisotopic (exact) mass is 301 g/mol. The van der Waals surface area contributed by atoms with Gasteiger partial charge >= 0.3 is 0 Å². The van der Waals surface area contributed by atoms with E-state index in [1.165, 1.54) is 10.6 Å². The molecule has 1 aliphatic rings. The molecule has 6 nitrogen and oxygen atoms in total. The Morgan fingerprint density at radius 1 is 1.27 bits per heavy atom. The van der Waals surface area contributed by atoms with Crippen molar-refractivity contribution in [1.29, 1.82) is 0 Å². The zero-order valence-corrected chi connectivity index (χ0v) is 12.9. The van der Waals surface area contributed by atoms with Gasteiger partial charge in [-0.15, -0.1) is 0 Å². The van der Waals surface area contributed by atoms with E-state index >= 15 is 0 Å². The van der Waals surface area contributed by atoms with Crippen LogP contribution in [0.5, 0.6) is 0 Å². The van der Waals surface area contributed by atoms with Crippen LogP contribution in [0.4, 0.5) is 0 Å². The molecule has 0 aliphatic carbocycles. The zero-order valence-electron chi connectivity index (χ0n) is 12.9. The van der Waals surface area contributed by atoms with Crippen molar-refractivity contribution in [2.45, 2.75) is 33.0 Å². The summed E-state index contributed by atoms with van der Waals surface area (Å²) in [7, 11) is 0. The Balaban J connectivity index is 2.01. The van der Waals surface area contributed by atoms with Gasteiger partial charge in [0, 0.05) is 25.5 Å². The molecule has 0 bridgehead atoms. The van der Waals surface area contributed by atoms with Crippen LogP contribution in [0.3, 0.4) is 0 Å². The Kier molecular flexibility index (Phi) is 3.70. The SMILES string of the molecule is Cc1ccc2ncc(C(=O)N3C[C@@H](C)O[C@@H](C)C3)c(=O)n2c1. The lowest BCUT2D eigenvalue weighted by molar-refractivity contribution is -0.0586. The molecule has 0 saturated carbocycles. The largest absolute Gasteiger partial charge is 0.372 e. The van der Waals surface area contributed by atoms with Gasteiger partial charge in [0.25, 0.3) is 11.5 Å². The Labute approximate surface area is 128 Å². The fourth-order valence-electron chi connectivity index (χ4n) is 2.84. The molecule has 1 amide bonds. The summed E-state index contributed by atoms with van der Waals surface area (Å²) in [6.45, 7) is 6.71. The summed E-state index contributed by atoms with van der Waals surface area (Å²) in [5.41, 5.74) is 1.25. The molecule has 1 saturated heterocycles. The maximum atomic E-state index is 12.7. The quantitative estimate of drug-likeness (QED) is 0.795. The van der Waals surface area contributed by atoms with E-state index in [4.69, 9.17) is 4.74 Å². The number of hydrogen-bond donors (Lipinski definition) is 0. The molecule has 1 aliphatic heterocycles. The molecule has 1 fully saturated rings. The lowest BCUT2D eigenvalue weighted by Crippen LogP contribution is -2.49. The number of morpholine rings is 1. The minimum Gasteiger partial charge on any atom is -0.372 e. The second kappa shape index (κ2) is 5.53. The van der Waals surface area contributed by atoms with Gasteiger partial charge in [-0.1, -0.05) is 6.07 Å². The molecule has 22 heavy (non-hydrogen) atoms. The molecule has 2 atom stereocenters. The van der Waals surface area contributed by atoms with Gasteiger partial charge < -0.3 is 9.64 Å². The molecule has 6 heteroatoms. The lowest BCUT2D eigenvalue weighted by atomic mass is 10.2. The molecule has 0 spiro atoms. The van der Waals surface area contributed by atoms with Crippen LogP contribution in [-0.2, 0) is 4.74 Å². The number of aryl methyl sites for hydroxylation is 1. The first-order valence-electron chi connectivity index (χ1n) is 7.38. The van der Waals surface area contributed by atoms with Gasteiger partial charge in [0.2, 0.25) is 0 Å². The predicted molar refractivity (Wildman–Crippen MR) is 82.1 cm³/mol. The lowest BCUT2D eigenvalue weighted by Gasteiger charge is -2.35. The second-order valence-electron chi connectivity index (χ2n) is 5.88. The molecule has 0 unspecified atom stereocenters. The predicted octanol–water partition coefficient (Wildman–Crippen LogP) is 1.25. The van der Waals surface area contributed by atoms with E-state index in [1.807, 2.05) is 26.8 Å². The van der Waals surface area contributed by atoms with E-state index in [2.05, 4.69) is 4.98 Å². The van der Waals surface area contributed by atoms with Crippen molar-refractivity contribution in [1.82, 2.24) is 14.3 Å². The van der Waals surface area contributed by atoms with Crippen LogP contribution in [0, 0.1) is 6.92 Å². The summed E-state index contributed by atoms with van der Waals surface area (Å²) in [5, 5.41) is 0. The molecule has 3 rings (SSSR count). The van der Waals surface area contributed by atoms with Gasteiger partial charge in [-0.25, -0.2) is 4.98 Å². The first kappa shape index (κ1) is 14.7. The van der Waals surface area contributed by atoms with Crippen LogP contribution in [0.2, 0.25) is 0 Å². The smallest absolute Gasteiger partial charge is 0.270 e. The van der Waals surface area contributed by atoms with Crippen molar-refractivity contribution in [3.05, 3.63) is 46.0 Å². The normalized spacial score (nSPS) is 22.0. The van der Waals surface area contributed by atoms with Crippen LogP contribution in [0.25, 0.3) is 5.65 Å². The van der Waals surface area contributed by atoms with Gasteiger partial charge in [0.1, 0.15) is 11.2 Å². The highest BCUT2D eigenvalue weighted by Crippen LogP contribution is 2.13. The average Bonchev–Trinajstić information content (AvgIpc) is 2.46. The first-order valence-corrected chi connectivity index (χ1v) is 7.38. The van der Waals surface area contributed by atoms with E-state index in [9.17, 15) is 9.59 Å². The minimum atomic E-state index is -0.328. The molecular weight excluding hydrogens is 282 g/mol. The van der Waals surface area contributed by atoms with Gasteiger partial charge in [0.05, 0.1) is 12.2 Å². The summed E-state index contributed by atoms with van der Waals surface area (Å²) in [6, 6.07) is 3.65. The van der Waals surface area contributed by atoms with Gasteiger partial charge in [-0.2, -0.15) is 0 Å². The minimum absolute atomic E-state index is 0.0360. The Hall–Kier alpha value is -2.21. The third-order valence-corrected chi connectivity index (χ3v) is 3.79. The van der Waals surface area contributed by atoms with E-state index in [-0.39, 0.29) is 29.2 Å². The average molecular weight is 301 g/mol. The number of fused-ring (bicyclic) bond motifs is 1. The second-order valence-corrected chi connectivity index (χ2v) is 5.88. The van der Waals surface area contributed by atoms with Crippen LogP contribution < -0.4 is 5.56 Å². The molecular formula is C16H19N3O3. The maximum absolute atomic E-state index is 12.7. The molecule has 0 N–H and O–H groups in total. The number of carbonyl (C=O) groups excluding carboxylic acids is 1. The molecule has 3 heterocycles. The van der Waals surface area contributed by atoms with E-state index in [0.717, 1.165) is 5.56 Å². The number of nitrogens with zero attached hydrogens (tertiary/aromatic N) is 3. The highest BCUT2D eigenvalue weighted by Gasteiger charge is 2.28. The standard InChI is InChI=1S/C16H19N3O3/c1-10-4-5-14-17-6-13(16(21)19(14)7-10)15(20)18-8-11(2)22-12(3)9-18/h4-7,11-12H,8-9H2,1-3H3/t11-,12+. The number of aromatic nitrogens is 2. The first-order chi connectivity index (χ1) is 10.5. The van der Waals surface area contributed by atoms with E-state index in [1.54, 1.807) is 17.2 Å². The fraction of sp³-hybridized carbons (Fsp3) is 0.438. The molecule has 0 radical (unpaired) electrons. The van der Waals surface area contributed by atoms with Gasteiger partial charge in [-0.3, -0.25) is 14.0 Å². The van der Waals surface area contributed by atoms with Crippen LogP contribution in [0.1, 0.15) is 29.8 Å². The summed E-state index contributed by atoms with van der Waals surface area (Å²) >= 11 is 0. The fourth-order valence-corrected chi connectivity index (χ4v) is 2.84. The van der Waals surface area contributed by atoms with Gasteiger partial charge in [-0.05, 0) is 32.4 Å². The Morgan fingerprint density at radius 2 is 1.95 bits per heavy atom. The molecule has 116 valence electrons. The summed E-state index contributed by atoms with van der Waals surface area (Å²) in [4.78, 5) is 31.1. The number of carbonyl (C=O) groups is 1.